The van der Waals surface area contributed by atoms with Gasteiger partial charge in [0.25, 0.3) is 0 Å². The van der Waals surface area contributed by atoms with E-state index >= 15 is 0 Å². The van der Waals surface area contributed by atoms with Gasteiger partial charge in [0.1, 0.15) is 6.33 Å². The molecule has 0 aliphatic heterocycles. The van der Waals surface area contributed by atoms with Crippen molar-refractivity contribution in [3.8, 4) is 0 Å². The number of thiol groups is 1. The van der Waals surface area contributed by atoms with Crippen LogP contribution in [0.3, 0.4) is 0 Å². The average molecular weight is 234 g/mol. The molecule has 0 unspecified atom stereocenters. The summed E-state index contributed by atoms with van der Waals surface area (Å²) in [7, 11) is -3.74. The first-order valence-corrected chi connectivity index (χ1v) is 8.15. The van der Waals surface area contributed by atoms with Gasteiger partial charge >= 0.3 is 0 Å². The second-order valence-electron chi connectivity index (χ2n) is 3.28. The van der Waals surface area contributed by atoms with Gasteiger partial charge in [0.2, 0.25) is 0 Å². The van der Waals surface area contributed by atoms with E-state index < -0.39 is 20.7 Å². The molecule has 0 radical (unpaired) electrons. The number of rotatable bonds is 2. The van der Waals surface area contributed by atoms with E-state index in [1.807, 2.05) is 19.4 Å². The van der Waals surface area contributed by atoms with Gasteiger partial charge in [0, 0.05) is 11.2 Å². The summed E-state index contributed by atoms with van der Waals surface area (Å²) in [5.74, 6) is 0. The molecule has 0 N–H and O–H groups in total. The number of sulfone groups is 1. The standard InChI is InChI=1S/C8H14N2O2S2/c1-6-7(13(2)3)8(10-5-9-6)14(4,11)12/h5,13H,1-4H3. The van der Waals surface area contributed by atoms with Crippen molar-refractivity contribution in [3.63, 3.8) is 0 Å². The summed E-state index contributed by atoms with van der Waals surface area (Å²) in [5, 5.41) is 0.182. The molecule has 0 saturated heterocycles. The minimum absolute atomic E-state index is 0.182. The van der Waals surface area contributed by atoms with Crippen molar-refractivity contribution in [3.05, 3.63) is 12.0 Å². The fourth-order valence-corrected chi connectivity index (χ4v) is 4.16. The molecule has 0 aliphatic carbocycles. The minimum Gasteiger partial charge on any atom is -0.240 e. The molecule has 0 saturated carbocycles. The van der Waals surface area contributed by atoms with Crippen molar-refractivity contribution in [2.75, 3.05) is 18.8 Å². The summed E-state index contributed by atoms with van der Waals surface area (Å²) in [6, 6.07) is 0. The maximum atomic E-state index is 11.4. The first kappa shape index (κ1) is 11.5. The molecule has 0 atom stereocenters. The van der Waals surface area contributed by atoms with Crippen molar-refractivity contribution in [1.29, 1.82) is 0 Å². The third-order valence-corrected chi connectivity index (χ3v) is 4.36. The second-order valence-corrected chi connectivity index (χ2v) is 7.45. The first-order chi connectivity index (χ1) is 6.34. The van der Waals surface area contributed by atoms with Gasteiger partial charge in [-0.1, -0.05) is 0 Å². The van der Waals surface area contributed by atoms with Crippen LogP contribution < -0.4 is 0 Å². The number of hydrogen-bond acceptors (Lipinski definition) is 4. The normalized spacial score (nSPS) is 12.7. The van der Waals surface area contributed by atoms with Gasteiger partial charge in [-0.05, 0) is 19.4 Å². The number of aryl methyl sites for hydroxylation is 1. The predicted octanol–water partition coefficient (Wildman–Crippen LogP) is 0.808. The molecule has 0 spiro atoms. The Morgan fingerprint density at radius 2 is 1.86 bits per heavy atom. The highest BCUT2D eigenvalue weighted by Gasteiger charge is 2.18. The van der Waals surface area contributed by atoms with E-state index in [-0.39, 0.29) is 5.03 Å². The highest BCUT2D eigenvalue weighted by atomic mass is 32.2. The van der Waals surface area contributed by atoms with E-state index in [2.05, 4.69) is 9.97 Å². The van der Waals surface area contributed by atoms with Gasteiger partial charge in [0.05, 0.1) is 5.69 Å². The quantitative estimate of drug-likeness (QED) is 0.607. The fraction of sp³-hybridized carbons (Fsp3) is 0.500. The molecular formula is C8H14N2O2S2. The van der Waals surface area contributed by atoms with Crippen LogP contribution in [0.4, 0.5) is 0 Å². The zero-order valence-corrected chi connectivity index (χ0v) is 10.4. The Hall–Kier alpha value is -0.620. The lowest BCUT2D eigenvalue weighted by Gasteiger charge is -2.14. The molecule has 80 valence electrons. The highest BCUT2D eigenvalue weighted by molar-refractivity contribution is 8.16. The van der Waals surface area contributed by atoms with Crippen LogP contribution in [0.2, 0.25) is 0 Å². The van der Waals surface area contributed by atoms with Crippen molar-refractivity contribution in [1.82, 2.24) is 9.97 Å². The lowest BCUT2D eigenvalue weighted by atomic mass is 10.5. The van der Waals surface area contributed by atoms with Crippen LogP contribution in [0.15, 0.2) is 16.2 Å². The van der Waals surface area contributed by atoms with Crippen LogP contribution >= 0.6 is 10.9 Å². The largest absolute Gasteiger partial charge is 0.240 e. The lowest BCUT2D eigenvalue weighted by Crippen LogP contribution is -2.06. The van der Waals surface area contributed by atoms with E-state index in [0.717, 1.165) is 10.6 Å². The average Bonchev–Trinajstić information content (AvgIpc) is 2.01. The Kier molecular flexibility index (Phi) is 3.16. The summed E-state index contributed by atoms with van der Waals surface area (Å²) in [4.78, 5) is 8.65. The van der Waals surface area contributed by atoms with Gasteiger partial charge in [-0.15, -0.1) is 0 Å². The SMILES string of the molecule is Cc1ncnc(S(C)(=O)=O)c1[SH](C)C. The zero-order chi connectivity index (χ0) is 10.9. The molecule has 1 aromatic heterocycles. The van der Waals surface area contributed by atoms with Crippen molar-refractivity contribution < 1.29 is 8.42 Å². The monoisotopic (exact) mass is 234 g/mol. The number of aromatic nitrogens is 2. The van der Waals surface area contributed by atoms with E-state index in [0.29, 0.717) is 0 Å². The van der Waals surface area contributed by atoms with Gasteiger partial charge in [-0.3, -0.25) is 0 Å². The Bertz CT molecular complexity index is 441. The molecule has 1 rings (SSSR count). The summed E-state index contributed by atoms with van der Waals surface area (Å²) in [5.41, 5.74) is 0.761. The van der Waals surface area contributed by atoms with E-state index in [9.17, 15) is 8.42 Å². The molecule has 1 heterocycles. The van der Waals surface area contributed by atoms with Crippen molar-refractivity contribution in [2.24, 2.45) is 0 Å². The molecule has 4 nitrogen and oxygen atoms in total. The molecule has 1 aromatic rings. The Morgan fingerprint density at radius 1 is 1.29 bits per heavy atom. The summed E-state index contributed by atoms with van der Waals surface area (Å²) in [6.07, 6.45) is 6.47. The number of hydrogen-bond donors (Lipinski definition) is 1. The highest BCUT2D eigenvalue weighted by Crippen LogP contribution is 2.34. The molecule has 0 bridgehead atoms. The maximum absolute atomic E-state index is 11.4. The first-order valence-electron chi connectivity index (χ1n) is 4.03. The minimum atomic E-state index is -3.24. The maximum Gasteiger partial charge on any atom is 0.193 e. The smallest absolute Gasteiger partial charge is 0.193 e. The number of nitrogens with zero attached hydrogens (tertiary/aromatic N) is 2. The van der Waals surface area contributed by atoms with Crippen LogP contribution in [-0.4, -0.2) is 37.2 Å². The van der Waals surface area contributed by atoms with Gasteiger partial charge in [-0.25, -0.2) is 29.3 Å². The van der Waals surface area contributed by atoms with Crippen molar-refractivity contribution in [2.45, 2.75) is 16.8 Å². The second kappa shape index (κ2) is 3.86. The fourth-order valence-electron chi connectivity index (χ4n) is 1.23. The molecule has 0 aliphatic rings. The predicted molar refractivity (Wildman–Crippen MR) is 59.0 cm³/mol. The van der Waals surface area contributed by atoms with E-state index in [4.69, 9.17) is 0 Å². The van der Waals surface area contributed by atoms with E-state index in [1.54, 1.807) is 0 Å². The van der Waals surface area contributed by atoms with Crippen molar-refractivity contribution >= 4 is 20.7 Å². The van der Waals surface area contributed by atoms with Crippen LogP contribution in [0.5, 0.6) is 0 Å². The summed E-state index contributed by atoms with van der Waals surface area (Å²) >= 11 is 0. The molecule has 0 aromatic carbocycles. The third kappa shape index (κ3) is 2.24. The van der Waals surface area contributed by atoms with E-state index in [1.165, 1.54) is 12.6 Å². The Balaban J connectivity index is 3.52. The zero-order valence-electron chi connectivity index (χ0n) is 8.64. The molecule has 0 amide bonds. The summed E-state index contributed by atoms with van der Waals surface area (Å²) < 4.78 is 22.9. The lowest BCUT2D eigenvalue weighted by molar-refractivity contribution is 0.594. The van der Waals surface area contributed by atoms with Gasteiger partial charge in [-0.2, -0.15) is 0 Å². The van der Waals surface area contributed by atoms with Gasteiger partial charge in [0.15, 0.2) is 14.9 Å². The molecule has 6 heteroatoms. The van der Waals surface area contributed by atoms with Gasteiger partial charge < -0.3 is 0 Å². The molecular weight excluding hydrogens is 220 g/mol. The summed E-state index contributed by atoms with van der Waals surface area (Å²) in [6.45, 7) is 1.81. The molecule has 0 fully saturated rings. The van der Waals surface area contributed by atoms with Crippen LogP contribution in [0.1, 0.15) is 5.69 Å². The third-order valence-electron chi connectivity index (χ3n) is 1.77. The Morgan fingerprint density at radius 3 is 2.21 bits per heavy atom. The molecule has 14 heavy (non-hydrogen) atoms. The topological polar surface area (TPSA) is 59.9 Å². The van der Waals surface area contributed by atoms with Crippen LogP contribution in [0.25, 0.3) is 0 Å². The van der Waals surface area contributed by atoms with Crippen LogP contribution in [-0.2, 0) is 9.84 Å². The van der Waals surface area contributed by atoms with Crippen LogP contribution in [0, 0.1) is 6.92 Å². The Labute approximate surface area is 87.0 Å².